The molecule has 0 radical (unpaired) electrons. The van der Waals surface area contributed by atoms with Crippen molar-refractivity contribution in [2.45, 2.75) is 13.0 Å². The van der Waals surface area contributed by atoms with Crippen LogP contribution in [-0.2, 0) is 14.3 Å². The molecule has 0 saturated heterocycles. The standard InChI is InChI=1S/C16H18O7/c1-10(2)14(19)13(18)9-23-16(21)12-6-4-3-5-11(12)15(20)22-8-7-17/h3-6,13,17-18H,1,7-9H2,2H3. The van der Waals surface area contributed by atoms with E-state index in [1.807, 2.05) is 0 Å². The maximum Gasteiger partial charge on any atom is 0.339 e. The van der Waals surface area contributed by atoms with Crippen molar-refractivity contribution in [1.82, 2.24) is 0 Å². The van der Waals surface area contributed by atoms with Gasteiger partial charge in [-0.25, -0.2) is 9.59 Å². The van der Waals surface area contributed by atoms with Crippen LogP contribution in [0.2, 0.25) is 0 Å². The zero-order valence-electron chi connectivity index (χ0n) is 12.7. The quantitative estimate of drug-likeness (QED) is 0.529. The minimum atomic E-state index is -1.51. The first kappa shape index (κ1) is 18.5. The third-order valence-electron chi connectivity index (χ3n) is 2.79. The van der Waals surface area contributed by atoms with Gasteiger partial charge in [0.2, 0.25) is 0 Å². The summed E-state index contributed by atoms with van der Waals surface area (Å²) in [5.74, 6) is -2.30. The third-order valence-corrected chi connectivity index (χ3v) is 2.79. The van der Waals surface area contributed by atoms with Crippen molar-refractivity contribution < 1.29 is 34.1 Å². The van der Waals surface area contributed by atoms with E-state index in [-0.39, 0.29) is 29.9 Å². The van der Waals surface area contributed by atoms with Crippen molar-refractivity contribution in [3.05, 3.63) is 47.5 Å². The highest BCUT2D eigenvalue weighted by Crippen LogP contribution is 2.12. The number of ketones is 1. The predicted octanol–water partition coefficient (Wildman–Crippen LogP) is 0.499. The molecule has 0 aromatic heterocycles. The number of benzene rings is 1. The van der Waals surface area contributed by atoms with Crippen LogP contribution in [0.25, 0.3) is 0 Å². The average molecular weight is 322 g/mol. The highest BCUT2D eigenvalue weighted by atomic mass is 16.5. The zero-order chi connectivity index (χ0) is 17.4. The van der Waals surface area contributed by atoms with E-state index in [2.05, 4.69) is 6.58 Å². The fraction of sp³-hybridized carbons (Fsp3) is 0.312. The molecular weight excluding hydrogens is 304 g/mol. The van der Waals surface area contributed by atoms with Crippen LogP contribution in [0.1, 0.15) is 27.6 Å². The van der Waals surface area contributed by atoms with E-state index in [1.165, 1.54) is 31.2 Å². The molecule has 1 rings (SSSR count). The van der Waals surface area contributed by atoms with E-state index in [4.69, 9.17) is 14.6 Å². The Morgan fingerprint density at radius 2 is 1.65 bits per heavy atom. The van der Waals surface area contributed by atoms with Gasteiger partial charge < -0.3 is 19.7 Å². The lowest BCUT2D eigenvalue weighted by Crippen LogP contribution is -2.28. The first-order valence-corrected chi connectivity index (χ1v) is 6.80. The summed E-state index contributed by atoms with van der Waals surface area (Å²) in [6.45, 7) is 3.73. The van der Waals surface area contributed by atoms with Crippen LogP contribution in [-0.4, -0.2) is 53.9 Å². The number of esters is 2. The van der Waals surface area contributed by atoms with Crippen LogP contribution < -0.4 is 0 Å². The average Bonchev–Trinajstić information content (AvgIpc) is 2.56. The van der Waals surface area contributed by atoms with Gasteiger partial charge in [-0.1, -0.05) is 18.7 Å². The minimum absolute atomic E-state index is 0.0355. The monoisotopic (exact) mass is 322 g/mol. The van der Waals surface area contributed by atoms with Gasteiger partial charge in [0.25, 0.3) is 0 Å². The van der Waals surface area contributed by atoms with E-state index < -0.39 is 30.4 Å². The van der Waals surface area contributed by atoms with Crippen LogP contribution in [0.15, 0.2) is 36.4 Å². The van der Waals surface area contributed by atoms with Gasteiger partial charge in [-0.2, -0.15) is 0 Å². The van der Waals surface area contributed by atoms with Crippen molar-refractivity contribution in [1.29, 1.82) is 0 Å². The highest BCUT2D eigenvalue weighted by molar-refractivity contribution is 6.03. The summed E-state index contributed by atoms with van der Waals surface area (Å²) in [6, 6.07) is 5.78. The Morgan fingerprint density at radius 1 is 1.13 bits per heavy atom. The highest BCUT2D eigenvalue weighted by Gasteiger charge is 2.22. The summed E-state index contributed by atoms with van der Waals surface area (Å²) in [4.78, 5) is 35.3. The van der Waals surface area contributed by atoms with Gasteiger partial charge in [0.05, 0.1) is 17.7 Å². The SMILES string of the molecule is C=C(C)C(=O)C(O)COC(=O)c1ccccc1C(=O)OCCO. The normalized spacial score (nSPS) is 11.4. The molecule has 0 fully saturated rings. The fourth-order valence-corrected chi connectivity index (χ4v) is 1.65. The Bertz CT molecular complexity index is 606. The van der Waals surface area contributed by atoms with E-state index in [0.29, 0.717) is 0 Å². The molecule has 0 spiro atoms. The molecule has 1 aromatic carbocycles. The van der Waals surface area contributed by atoms with Crippen LogP contribution in [0.4, 0.5) is 0 Å². The number of carbonyl (C=O) groups is 3. The number of carbonyl (C=O) groups excluding carboxylic acids is 3. The number of hydrogen-bond donors (Lipinski definition) is 2. The van der Waals surface area contributed by atoms with Crippen LogP contribution in [0.5, 0.6) is 0 Å². The number of ether oxygens (including phenoxy) is 2. The summed E-state index contributed by atoms with van der Waals surface area (Å²) >= 11 is 0. The molecule has 2 N–H and O–H groups in total. The van der Waals surface area contributed by atoms with Crippen molar-refractivity contribution in [3.63, 3.8) is 0 Å². The lowest BCUT2D eigenvalue weighted by Gasteiger charge is -2.12. The summed E-state index contributed by atoms with van der Waals surface area (Å²) in [5.41, 5.74) is 0.0404. The maximum atomic E-state index is 12.0. The van der Waals surface area contributed by atoms with E-state index in [1.54, 1.807) is 0 Å². The molecular formula is C16H18O7. The van der Waals surface area contributed by atoms with Crippen LogP contribution in [0.3, 0.4) is 0 Å². The Labute approximate surface area is 133 Å². The van der Waals surface area contributed by atoms with Gasteiger partial charge in [-0.15, -0.1) is 0 Å². The lowest BCUT2D eigenvalue weighted by molar-refractivity contribution is -0.125. The molecule has 1 aromatic rings. The second-order valence-electron chi connectivity index (χ2n) is 4.66. The number of aliphatic hydroxyl groups excluding tert-OH is 2. The Morgan fingerprint density at radius 3 is 2.13 bits per heavy atom. The molecule has 0 saturated carbocycles. The van der Waals surface area contributed by atoms with Gasteiger partial charge in [0.1, 0.15) is 13.2 Å². The molecule has 7 heteroatoms. The number of hydrogen-bond acceptors (Lipinski definition) is 7. The van der Waals surface area contributed by atoms with Crippen LogP contribution >= 0.6 is 0 Å². The Balaban J connectivity index is 2.79. The molecule has 0 aliphatic rings. The smallest absolute Gasteiger partial charge is 0.339 e. The fourth-order valence-electron chi connectivity index (χ4n) is 1.65. The second-order valence-corrected chi connectivity index (χ2v) is 4.66. The van der Waals surface area contributed by atoms with Gasteiger partial charge in [0, 0.05) is 0 Å². The number of rotatable bonds is 8. The van der Waals surface area contributed by atoms with Gasteiger partial charge in [0.15, 0.2) is 11.9 Å². The molecule has 1 unspecified atom stereocenters. The largest absolute Gasteiger partial charge is 0.460 e. The Kier molecular flexibility index (Phi) is 7.11. The summed E-state index contributed by atoms with van der Waals surface area (Å²) in [6.07, 6.45) is -1.51. The van der Waals surface area contributed by atoms with Crippen molar-refractivity contribution in [2.24, 2.45) is 0 Å². The molecule has 1 atom stereocenters. The molecule has 23 heavy (non-hydrogen) atoms. The molecule has 0 heterocycles. The predicted molar refractivity (Wildman–Crippen MR) is 79.9 cm³/mol. The topological polar surface area (TPSA) is 110 Å². The van der Waals surface area contributed by atoms with E-state index in [0.717, 1.165) is 0 Å². The van der Waals surface area contributed by atoms with Gasteiger partial charge in [-0.3, -0.25) is 4.79 Å². The van der Waals surface area contributed by atoms with Crippen molar-refractivity contribution in [3.8, 4) is 0 Å². The molecule has 7 nitrogen and oxygen atoms in total. The summed E-state index contributed by atoms with van der Waals surface area (Å²) in [7, 11) is 0. The number of Topliss-reactive ketones (excluding diaryl/α,β-unsaturated/α-hetero) is 1. The number of aliphatic hydroxyl groups is 2. The van der Waals surface area contributed by atoms with Crippen molar-refractivity contribution >= 4 is 17.7 Å². The maximum absolute atomic E-state index is 12.0. The molecule has 0 bridgehead atoms. The molecule has 0 aliphatic carbocycles. The van der Waals surface area contributed by atoms with Crippen molar-refractivity contribution in [2.75, 3.05) is 19.8 Å². The van der Waals surface area contributed by atoms with E-state index in [9.17, 15) is 19.5 Å². The second kappa shape index (κ2) is 8.82. The summed E-state index contributed by atoms with van der Waals surface area (Å²) in [5, 5.41) is 18.2. The molecule has 0 amide bonds. The minimum Gasteiger partial charge on any atom is -0.460 e. The van der Waals surface area contributed by atoms with Gasteiger partial charge in [-0.05, 0) is 24.6 Å². The van der Waals surface area contributed by atoms with Crippen LogP contribution in [0, 0.1) is 0 Å². The molecule has 124 valence electrons. The van der Waals surface area contributed by atoms with Gasteiger partial charge >= 0.3 is 11.9 Å². The lowest BCUT2D eigenvalue weighted by atomic mass is 10.1. The third kappa shape index (κ3) is 5.32. The van der Waals surface area contributed by atoms with E-state index >= 15 is 0 Å². The zero-order valence-corrected chi connectivity index (χ0v) is 12.7. The first-order chi connectivity index (χ1) is 10.9. The Hall–Kier alpha value is -2.51. The molecule has 0 aliphatic heterocycles. The first-order valence-electron chi connectivity index (χ1n) is 6.80. The summed E-state index contributed by atoms with van der Waals surface area (Å²) < 4.78 is 9.60.